The average molecular weight is 760 g/mol. The summed E-state index contributed by atoms with van der Waals surface area (Å²) in [6.07, 6.45) is 0. The largest absolute Gasteiger partial charge is 3.00 e. The van der Waals surface area contributed by atoms with Gasteiger partial charge in [-0.15, -0.1) is 0 Å². The Morgan fingerprint density at radius 2 is 0.810 bits per heavy atom. The molecule has 7 heteroatoms. The standard InChI is InChI=1S/C35H47N3.3ClH.Nd/c1-20(2)28-16-24(9)17-29(21(3)4)34(28)36-26(11)32-14-13-15-33(38-32)27(12)37-35-30(22(5)6)18-25(10)19-31(35)23(7)8;;;;/h13-23H,1-12H3;3*1H;/q;;;;+3/p-3. The quantitative estimate of drug-likeness (QED) is 0.321. The van der Waals surface area contributed by atoms with Crippen LogP contribution in [-0.2, 0) is 0 Å². The Morgan fingerprint density at radius 1 is 0.548 bits per heavy atom. The number of aryl methyl sites for hydroxylation is 2. The third-order valence-corrected chi connectivity index (χ3v) is 7.16. The van der Waals surface area contributed by atoms with E-state index in [0.717, 1.165) is 34.2 Å². The molecule has 0 aliphatic rings. The maximum atomic E-state index is 5.20. The maximum Gasteiger partial charge on any atom is 3.00 e. The van der Waals surface area contributed by atoms with Crippen molar-refractivity contribution in [2.75, 3.05) is 0 Å². The van der Waals surface area contributed by atoms with Crippen LogP contribution >= 0.6 is 0 Å². The molecular weight excluding hydrogens is 713 g/mol. The van der Waals surface area contributed by atoms with Crippen LogP contribution in [0.3, 0.4) is 0 Å². The Hall–Kier alpha value is -0.849. The molecule has 3 nitrogen and oxygen atoms in total. The molecule has 0 spiro atoms. The van der Waals surface area contributed by atoms with Crippen LogP contribution in [0.2, 0.25) is 0 Å². The van der Waals surface area contributed by atoms with Crippen LogP contribution in [-0.4, -0.2) is 16.4 Å². The summed E-state index contributed by atoms with van der Waals surface area (Å²) < 4.78 is 0. The Balaban J connectivity index is 0. The van der Waals surface area contributed by atoms with E-state index in [2.05, 4.69) is 126 Å². The molecule has 2 aromatic carbocycles. The van der Waals surface area contributed by atoms with Gasteiger partial charge in [0, 0.05) is 0 Å². The summed E-state index contributed by atoms with van der Waals surface area (Å²) in [7, 11) is 0. The molecule has 0 fully saturated rings. The van der Waals surface area contributed by atoms with Gasteiger partial charge in [0.05, 0.1) is 34.2 Å². The number of aromatic nitrogens is 1. The molecule has 0 aliphatic heterocycles. The summed E-state index contributed by atoms with van der Waals surface area (Å²) in [5, 5.41) is 0. The summed E-state index contributed by atoms with van der Waals surface area (Å²) in [4.78, 5) is 15.4. The smallest absolute Gasteiger partial charge is 1.00 e. The number of hydrogen-bond donors (Lipinski definition) is 0. The van der Waals surface area contributed by atoms with E-state index < -0.39 is 0 Å². The van der Waals surface area contributed by atoms with Crippen molar-refractivity contribution in [2.45, 2.75) is 107 Å². The van der Waals surface area contributed by atoms with Crippen LogP contribution < -0.4 is 37.2 Å². The molecule has 3 aromatic rings. The van der Waals surface area contributed by atoms with Gasteiger partial charge < -0.3 is 37.2 Å². The first-order valence-corrected chi connectivity index (χ1v) is 14.2. The molecule has 0 saturated heterocycles. The molecule has 227 valence electrons. The molecule has 0 saturated carbocycles. The second-order valence-electron chi connectivity index (χ2n) is 12.0. The maximum absolute atomic E-state index is 5.20. The van der Waals surface area contributed by atoms with Gasteiger partial charge in [0.1, 0.15) is 0 Å². The molecule has 1 aromatic heterocycles. The number of pyridine rings is 1. The number of rotatable bonds is 8. The van der Waals surface area contributed by atoms with E-state index in [-0.39, 0.29) is 78.1 Å². The van der Waals surface area contributed by atoms with Crippen molar-refractivity contribution in [1.29, 1.82) is 0 Å². The first-order chi connectivity index (χ1) is 17.8. The van der Waals surface area contributed by atoms with E-state index in [0.29, 0.717) is 23.7 Å². The minimum absolute atomic E-state index is 0. The molecule has 0 atom stereocenters. The van der Waals surface area contributed by atoms with Gasteiger partial charge in [0.2, 0.25) is 0 Å². The first kappa shape index (κ1) is 43.3. The molecule has 3 rings (SSSR count). The third kappa shape index (κ3) is 10.6. The zero-order valence-corrected chi connectivity index (χ0v) is 32.8. The van der Waals surface area contributed by atoms with Crippen molar-refractivity contribution in [3.8, 4) is 0 Å². The van der Waals surface area contributed by atoms with Crippen molar-refractivity contribution >= 4 is 22.8 Å². The molecule has 1 heterocycles. The van der Waals surface area contributed by atoms with Crippen molar-refractivity contribution < 1.29 is 78.1 Å². The van der Waals surface area contributed by atoms with Crippen LogP contribution in [0.25, 0.3) is 0 Å². The Kier molecular flexibility index (Phi) is 19.4. The fourth-order valence-corrected chi connectivity index (χ4v) is 4.98. The summed E-state index contributed by atoms with van der Waals surface area (Å²) in [6.45, 7) is 26.4. The number of halogens is 3. The van der Waals surface area contributed by atoms with Gasteiger partial charge in [-0.1, -0.05) is 96.8 Å². The topological polar surface area (TPSA) is 37.6 Å². The molecule has 42 heavy (non-hydrogen) atoms. The zero-order valence-electron chi connectivity index (χ0n) is 27.3. The summed E-state index contributed by atoms with van der Waals surface area (Å²) >= 11 is 0. The molecule has 0 bridgehead atoms. The van der Waals surface area contributed by atoms with Crippen molar-refractivity contribution in [1.82, 2.24) is 4.98 Å². The van der Waals surface area contributed by atoms with E-state index in [1.807, 2.05) is 0 Å². The van der Waals surface area contributed by atoms with E-state index in [1.165, 1.54) is 33.4 Å². The molecule has 1 radical (unpaired) electrons. The van der Waals surface area contributed by atoms with Gasteiger partial charge in [-0.25, -0.2) is 4.98 Å². The number of nitrogens with zero attached hydrogens (tertiary/aromatic N) is 3. The number of aliphatic imine (C=N–C) groups is 2. The monoisotopic (exact) mass is 756 g/mol. The zero-order chi connectivity index (χ0) is 28.3. The van der Waals surface area contributed by atoms with Gasteiger partial charge in [0.25, 0.3) is 0 Å². The summed E-state index contributed by atoms with van der Waals surface area (Å²) in [5.74, 6) is 1.58. The number of hydrogen-bond acceptors (Lipinski definition) is 3. The van der Waals surface area contributed by atoms with Crippen LogP contribution in [0.4, 0.5) is 11.4 Å². The third-order valence-electron chi connectivity index (χ3n) is 7.16. The van der Waals surface area contributed by atoms with E-state index in [9.17, 15) is 0 Å². The fourth-order valence-electron chi connectivity index (χ4n) is 4.98. The van der Waals surface area contributed by atoms with Crippen molar-refractivity contribution in [2.24, 2.45) is 9.98 Å². The van der Waals surface area contributed by atoms with Gasteiger partial charge >= 0.3 is 40.8 Å². The van der Waals surface area contributed by atoms with Gasteiger partial charge in [-0.2, -0.15) is 0 Å². The van der Waals surface area contributed by atoms with Gasteiger partial charge in [-0.05, 0) is 85.8 Å². The Labute approximate surface area is 307 Å². The normalized spacial score (nSPS) is 11.7. The van der Waals surface area contributed by atoms with Crippen LogP contribution in [0.15, 0.2) is 52.4 Å². The molecule has 0 amide bonds. The molecule has 0 N–H and O–H groups in total. The summed E-state index contributed by atoms with van der Waals surface area (Å²) in [5.41, 5.74) is 13.6. The number of benzene rings is 2. The van der Waals surface area contributed by atoms with E-state index in [1.54, 1.807) is 0 Å². The summed E-state index contributed by atoms with van der Waals surface area (Å²) in [6, 6.07) is 15.3. The minimum atomic E-state index is 0. The molecule has 0 unspecified atom stereocenters. The van der Waals surface area contributed by atoms with Crippen LogP contribution in [0, 0.1) is 54.7 Å². The molecular formula is C35H47Cl3N3Nd. The predicted molar refractivity (Wildman–Crippen MR) is 167 cm³/mol. The van der Waals surface area contributed by atoms with Crippen molar-refractivity contribution in [3.63, 3.8) is 0 Å². The van der Waals surface area contributed by atoms with Crippen molar-refractivity contribution in [3.05, 3.63) is 87.2 Å². The predicted octanol–water partition coefficient (Wildman–Crippen LogP) is 1.49. The average Bonchev–Trinajstić information content (AvgIpc) is 2.84. The van der Waals surface area contributed by atoms with E-state index in [4.69, 9.17) is 15.0 Å². The van der Waals surface area contributed by atoms with Gasteiger partial charge in [0.15, 0.2) is 0 Å². The Bertz CT molecular complexity index is 1220. The second-order valence-corrected chi connectivity index (χ2v) is 12.0. The molecule has 0 aliphatic carbocycles. The van der Waals surface area contributed by atoms with Crippen LogP contribution in [0.5, 0.6) is 0 Å². The SMILES string of the molecule is CC(=Nc1c(C(C)C)cc(C)cc1C(C)C)c1cccc(C(C)=Nc2c(C(C)C)cc(C)cc2C(C)C)n1.[Cl-].[Cl-].[Cl-].[Nd+3]. The van der Waals surface area contributed by atoms with Gasteiger partial charge in [-0.3, -0.25) is 9.98 Å². The van der Waals surface area contributed by atoms with Crippen LogP contribution in [0.1, 0.15) is 138 Å². The second kappa shape index (κ2) is 18.8. The van der Waals surface area contributed by atoms with E-state index >= 15 is 0 Å². The Morgan fingerprint density at radius 3 is 1.05 bits per heavy atom. The minimum Gasteiger partial charge on any atom is -1.00 e. The first-order valence-electron chi connectivity index (χ1n) is 14.2. The fraction of sp³-hybridized carbons (Fsp3) is 0.457.